The van der Waals surface area contributed by atoms with Crippen molar-refractivity contribution >= 4 is 39.1 Å². The van der Waals surface area contributed by atoms with Crippen LogP contribution in [0.3, 0.4) is 0 Å². The Balaban J connectivity index is 1.58. The number of nitrogens with zero attached hydrogens (tertiary/aromatic N) is 2. The number of anilines is 1. The Morgan fingerprint density at radius 3 is 2.15 bits per heavy atom. The van der Waals surface area contributed by atoms with Crippen LogP contribution in [0.4, 0.5) is 5.69 Å². The quantitative estimate of drug-likeness (QED) is 0.171. The summed E-state index contributed by atoms with van der Waals surface area (Å²) in [5.74, 6) is -0.745. The van der Waals surface area contributed by atoms with Gasteiger partial charge in [-0.2, -0.15) is 0 Å². The molecular weight excluding hydrogens is 618 g/mol. The molecular formula is C37H40ClN3O4S. The Labute approximate surface area is 277 Å². The summed E-state index contributed by atoms with van der Waals surface area (Å²) in [7, 11) is -4.15. The van der Waals surface area contributed by atoms with Gasteiger partial charge in [0, 0.05) is 24.0 Å². The van der Waals surface area contributed by atoms with Crippen LogP contribution in [0.2, 0.25) is 5.02 Å². The molecule has 7 nitrogen and oxygen atoms in total. The van der Waals surface area contributed by atoms with E-state index < -0.39 is 28.5 Å². The van der Waals surface area contributed by atoms with Gasteiger partial charge in [-0.25, -0.2) is 8.42 Å². The summed E-state index contributed by atoms with van der Waals surface area (Å²) in [4.78, 5) is 30.4. The number of amides is 2. The minimum atomic E-state index is -4.15. The summed E-state index contributed by atoms with van der Waals surface area (Å²) in [6, 6.07) is 31.2. The van der Waals surface area contributed by atoms with Crippen molar-refractivity contribution < 1.29 is 18.0 Å². The molecule has 0 saturated heterocycles. The predicted octanol–water partition coefficient (Wildman–Crippen LogP) is 6.80. The zero-order valence-electron chi connectivity index (χ0n) is 26.0. The van der Waals surface area contributed by atoms with Crippen molar-refractivity contribution in [3.8, 4) is 0 Å². The Morgan fingerprint density at radius 2 is 1.48 bits per heavy atom. The summed E-state index contributed by atoms with van der Waals surface area (Å²) in [5.41, 5.74) is 2.85. The molecule has 0 spiro atoms. The number of carbonyl (C=O) groups is 2. The van der Waals surface area contributed by atoms with Crippen molar-refractivity contribution in [3.05, 3.63) is 131 Å². The van der Waals surface area contributed by atoms with E-state index in [1.807, 2.05) is 55.5 Å². The van der Waals surface area contributed by atoms with E-state index in [9.17, 15) is 18.0 Å². The molecule has 0 heterocycles. The molecule has 4 aromatic rings. The van der Waals surface area contributed by atoms with E-state index in [0.29, 0.717) is 17.1 Å². The lowest BCUT2D eigenvalue weighted by molar-refractivity contribution is -0.140. The monoisotopic (exact) mass is 657 g/mol. The van der Waals surface area contributed by atoms with Crippen molar-refractivity contribution in [3.63, 3.8) is 0 Å². The van der Waals surface area contributed by atoms with E-state index in [0.717, 1.165) is 42.4 Å². The van der Waals surface area contributed by atoms with Gasteiger partial charge in [0.05, 0.1) is 10.6 Å². The van der Waals surface area contributed by atoms with Crippen LogP contribution in [0.5, 0.6) is 0 Å². The molecule has 4 aromatic carbocycles. The van der Waals surface area contributed by atoms with Crippen LogP contribution in [-0.2, 0) is 39.0 Å². The van der Waals surface area contributed by atoms with Gasteiger partial charge >= 0.3 is 0 Å². The van der Waals surface area contributed by atoms with E-state index in [1.165, 1.54) is 21.3 Å². The number of nitrogens with one attached hydrogen (secondary N) is 1. The molecule has 1 aliphatic rings. The highest BCUT2D eigenvalue weighted by molar-refractivity contribution is 7.92. The first-order valence-electron chi connectivity index (χ1n) is 15.8. The number of carbonyl (C=O) groups excluding carboxylic acids is 2. The first kappa shape index (κ1) is 33.2. The number of halogens is 1. The van der Waals surface area contributed by atoms with Crippen molar-refractivity contribution in [2.75, 3.05) is 10.8 Å². The van der Waals surface area contributed by atoms with Gasteiger partial charge < -0.3 is 10.2 Å². The summed E-state index contributed by atoms with van der Waals surface area (Å²) >= 11 is 6.35. The average Bonchev–Trinajstić information content (AvgIpc) is 3.59. The molecule has 1 aliphatic carbocycles. The SMILES string of the molecule is CCc1ccccc1N(CC(=O)N(Cc1cccc(Cl)c1)[C@H](Cc1ccccc1)C(=O)NC1CCCC1)S(=O)(=O)c1ccccc1. The average molecular weight is 658 g/mol. The second-order valence-corrected chi connectivity index (χ2v) is 14.0. The summed E-state index contributed by atoms with van der Waals surface area (Å²) in [6.07, 6.45) is 4.71. The Morgan fingerprint density at radius 1 is 0.848 bits per heavy atom. The van der Waals surface area contributed by atoms with Crippen molar-refractivity contribution in [2.45, 2.75) is 69.0 Å². The zero-order valence-corrected chi connectivity index (χ0v) is 27.6. The first-order chi connectivity index (χ1) is 22.3. The molecule has 0 unspecified atom stereocenters. The van der Waals surface area contributed by atoms with E-state index in [1.54, 1.807) is 48.5 Å². The van der Waals surface area contributed by atoms with Crippen LogP contribution in [-0.4, -0.2) is 43.8 Å². The Kier molecular flexibility index (Phi) is 11.1. The Hall–Kier alpha value is -4.14. The van der Waals surface area contributed by atoms with Gasteiger partial charge in [0.15, 0.2) is 0 Å². The molecule has 2 amide bonds. The maximum absolute atomic E-state index is 14.7. The van der Waals surface area contributed by atoms with Gasteiger partial charge in [-0.15, -0.1) is 0 Å². The highest BCUT2D eigenvalue weighted by Gasteiger charge is 2.36. The molecule has 1 saturated carbocycles. The highest BCUT2D eigenvalue weighted by Crippen LogP contribution is 2.29. The van der Waals surface area contributed by atoms with Gasteiger partial charge in [0.2, 0.25) is 11.8 Å². The number of para-hydroxylation sites is 1. The minimum absolute atomic E-state index is 0.0419. The van der Waals surface area contributed by atoms with E-state index in [2.05, 4.69) is 5.32 Å². The smallest absolute Gasteiger partial charge is 0.264 e. The molecule has 0 bridgehead atoms. The van der Waals surface area contributed by atoms with Gasteiger partial charge in [0.1, 0.15) is 12.6 Å². The normalized spacial score (nSPS) is 14.0. The molecule has 1 N–H and O–H groups in total. The molecule has 0 radical (unpaired) electrons. The maximum Gasteiger partial charge on any atom is 0.264 e. The van der Waals surface area contributed by atoms with Crippen molar-refractivity contribution in [1.29, 1.82) is 0 Å². The van der Waals surface area contributed by atoms with Crippen LogP contribution in [0.1, 0.15) is 49.3 Å². The number of sulfonamides is 1. The van der Waals surface area contributed by atoms with Gasteiger partial charge in [-0.05, 0) is 66.3 Å². The van der Waals surface area contributed by atoms with Crippen LogP contribution in [0.25, 0.3) is 0 Å². The molecule has 0 aliphatic heterocycles. The first-order valence-corrected chi connectivity index (χ1v) is 17.6. The van der Waals surface area contributed by atoms with Gasteiger partial charge in [0.25, 0.3) is 10.0 Å². The lowest BCUT2D eigenvalue weighted by Crippen LogP contribution is -2.54. The largest absolute Gasteiger partial charge is 0.352 e. The molecule has 5 rings (SSSR count). The lowest BCUT2D eigenvalue weighted by Gasteiger charge is -2.34. The third kappa shape index (κ3) is 8.17. The van der Waals surface area contributed by atoms with Crippen LogP contribution < -0.4 is 9.62 Å². The molecule has 1 atom stereocenters. The number of hydrogen-bond acceptors (Lipinski definition) is 4. The second-order valence-electron chi connectivity index (χ2n) is 11.7. The third-order valence-corrected chi connectivity index (χ3v) is 10.5. The number of hydrogen-bond donors (Lipinski definition) is 1. The van der Waals surface area contributed by atoms with E-state index in [4.69, 9.17) is 11.6 Å². The highest BCUT2D eigenvalue weighted by atomic mass is 35.5. The van der Waals surface area contributed by atoms with Crippen LogP contribution in [0.15, 0.2) is 114 Å². The second kappa shape index (κ2) is 15.4. The van der Waals surface area contributed by atoms with Crippen LogP contribution in [0, 0.1) is 0 Å². The summed E-state index contributed by atoms with van der Waals surface area (Å²) < 4.78 is 29.7. The molecule has 0 aromatic heterocycles. The van der Waals surface area contributed by atoms with Crippen molar-refractivity contribution in [2.24, 2.45) is 0 Å². The van der Waals surface area contributed by atoms with E-state index >= 15 is 0 Å². The number of rotatable bonds is 13. The molecule has 1 fully saturated rings. The van der Waals surface area contributed by atoms with Gasteiger partial charge in [-0.3, -0.25) is 13.9 Å². The number of benzene rings is 4. The fourth-order valence-corrected chi connectivity index (χ4v) is 7.73. The fourth-order valence-electron chi connectivity index (χ4n) is 6.04. The van der Waals surface area contributed by atoms with E-state index in [-0.39, 0.29) is 29.8 Å². The standard InChI is InChI=1S/C37H40ClN3O4S/c1-2-30-17-9-12-23-34(30)41(46(44,45)33-21-7-4-8-22-33)27-36(42)40(26-29-16-13-18-31(38)24-29)35(25-28-14-5-3-6-15-28)37(43)39-32-19-10-11-20-32/h3-9,12-18,21-24,32,35H,2,10-11,19-20,25-27H2,1H3,(H,39,43)/t35-/m1/s1. The van der Waals surface area contributed by atoms with Crippen LogP contribution >= 0.6 is 11.6 Å². The third-order valence-electron chi connectivity index (χ3n) is 8.47. The maximum atomic E-state index is 14.7. The molecule has 240 valence electrons. The predicted molar refractivity (Wildman–Crippen MR) is 183 cm³/mol. The summed E-state index contributed by atoms with van der Waals surface area (Å²) in [6.45, 7) is 1.53. The fraction of sp³-hybridized carbons (Fsp3) is 0.297. The topological polar surface area (TPSA) is 86.8 Å². The molecule has 9 heteroatoms. The number of aryl methyl sites for hydroxylation is 1. The minimum Gasteiger partial charge on any atom is -0.352 e. The Bertz CT molecular complexity index is 1730. The molecule has 46 heavy (non-hydrogen) atoms. The van der Waals surface area contributed by atoms with Gasteiger partial charge in [-0.1, -0.05) is 110 Å². The zero-order chi connectivity index (χ0) is 32.5. The lowest BCUT2D eigenvalue weighted by atomic mass is 10.0. The van der Waals surface area contributed by atoms with Crippen molar-refractivity contribution in [1.82, 2.24) is 10.2 Å². The summed E-state index contributed by atoms with van der Waals surface area (Å²) in [5, 5.41) is 3.71.